The van der Waals surface area contributed by atoms with Gasteiger partial charge in [0.25, 0.3) is 5.91 Å². The van der Waals surface area contributed by atoms with E-state index in [1.54, 1.807) is 0 Å². The van der Waals surface area contributed by atoms with Crippen LogP contribution < -0.4 is 0 Å². The lowest BCUT2D eigenvalue weighted by Gasteiger charge is -2.35. The molecule has 7 heteroatoms. The number of carbonyl (C=O) groups excluding carboxylic acids is 2. The maximum atomic E-state index is 12.9. The van der Waals surface area contributed by atoms with Crippen molar-refractivity contribution < 1.29 is 14.3 Å². The van der Waals surface area contributed by atoms with Crippen LogP contribution in [0.4, 0.5) is 0 Å². The summed E-state index contributed by atoms with van der Waals surface area (Å²) < 4.78 is 7.66. The number of hydrogen-bond acceptors (Lipinski definition) is 4. The van der Waals surface area contributed by atoms with Crippen LogP contribution in [0.2, 0.25) is 0 Å². The van der Waals surface area contributed by atoms with Gasteiger partial charge in [-0.1, -0.05) is 30.3 Å². The molecule has 32 heavy (non-hydrogen) atoms. The zero-order valence-corrected chi connectivity index (χ0v) is 18.2. The number of nitrogens with zero attached hydrogens (tertiary/aromatic N) is 4. The molecule has 0 N–H and O–H groups in total. The monoisotopic (exact) mass is 432 g/mol. The molecule has 0 radical (unpaired) electrons. The number of piperazine rings is 1. The van der Waals surface area contributed by atoms with Gasteiger partial charge in [0.05, 0.1) is 11.0 Å². The van der Waals surface area contributed by atoms with Crippen molar-refractivity contribution in [2.45, 2.75) is 31.8 Å². The Labute approximate surface area is 187 Å². The van der Waals surface area contributed by atoms with Crippen LogP contribution in [0.15, 0.2) is 54.6 Å². The van der Waals surface area contributed by atoms with Gasteiger partial charge in [-0.15, -0.1) is 0 Å². The lowest BCUT2D eigenvalue weighted by molar-refractivity contribution is -0.146. The summed E-state index contributed by atoms with van der Waals surface area (Å²) in [5.74, 6) is 1.07. The number of hydrogen-bond donors (Lipinski definition) is 0. The summed E-state index contributed by atoms with van der Waals surface area (Å²) in [5.41, 5.74) is 3.02. The van der Waals surface area contributed by atoms with Gasteiger partial charge in [0.2, 0.25) is 5.91 Å². The minimum absolute atomic E-state index is 0.0752. The Hall–Kier alpha value is -3.19. The maximum Gasteiger partial charge on any atom is 0.251 e. The second-order valence-electron chi connectivity index (χ2n) is 8.40. The number of fused-ring (bicyclic) bond motifs is 1. The molecule has 7 nitrogen and oxygen atoms in total. The van der Waals surface area contributed by atoms with E-state index < -0.39 is 0 Å². The zero-order valence-electron chi connectivity index (χ0n) is 18.2. The van der Waals surface area contributed by atoms with Gasteiger partial charge < -0.3 is 14.5 Å². The van der Waals surface area contributed by atoms with E-state index in [9.17, 15) is 9.59 Å². The third-order valence-electron chi connectivity index (χ3n) is 6.36. The molecule has 3 heterocycles. The van der Waals surface area contributed by atoms with E-state index in [-0.39, 0.29) is 17.9 Å². The molecular formula is C25H28N4O3. The molecule has 5 rings (SSSR count). The van der Waals surface area contributed by atoms with Gasteiger partial charge in [-0.25, -0.2) is 4.98 Å². The molecule has 1 unspecified atom stereocenters. The molecule has 2 fully saturated rings. The second kappa shape index (κ2) is 9.12. The Balaban J connectivity index is 1.24. The lowest BCUT2D eigenvalue weighted by atomic mass is 10.2. The van der Waals surface area contributed by atoms with Crippen molar-refractivity contribution >= 4 is 22.8 Å². The molecule has 2 saturated heterocycles. The number of aryl methyl sites for hydroxylation is 1. The number of para-hydroxylation sites is 3. The van der Waals surface area contributed by atoms with Crippen LogP contribution in [-0.2, 0) is 20.7 Å². The Morgan fingerprint density at radius 1 is 0.938 bits per heavy atom. The minimum atomic E-state index is -0.289. The highest BCUT2D eigenvalue weighted by molar-refractivity contribution is 5.82. The molecular weight excluding hydrogens is 404 g/mol. The number of imidazole rings is 1. The van der Waals surface area contributed by atoms with Gasteiger partial charge in [-0.2, -0.15) is 0 Å². The summed E-state index contributed by atoms with van der Waals surface area (Å²) in [7, 11) is 0. The molecule has 166 valence electrons. The van der Waals surface area contributed by atoms with Gasteiger partial charge in [0.1, 0.15) is 11.9 Å². The highest BCUT2D eigenvalue weighted by Crippen LogP contribution is 2.23. The van der Waals surface area contributed by atoms with Gasteiger partial charge in [-0.05, 0) is 37.1 Å². The van der Waals surface area contributed by atoms with Crippen LogP contribution >= 0.6 is 0 Å². The minimum Gasteiger partial charge on any atom is -0.368 e. The molecule has 2 aromatic carbocycles. The summed E-state index contributed by atoms with van der Waals surface area (Å²) in [6.07, 6.45) is 2.43. The first-order valence-electron chi connectivity index (χ1n) is 11.4. The number of amides is 2. The van der Waals surface area contributed by atoms with Crippen molar-refractivity contribution in [3.8, 4) is 5.69 Å². The molecule has 0 aliphatic carbocycles. The predicted molar refractivity (Wildman–Crippen MR) is 122 cm³/mol. The fourth-order valence-corrected chi connectivity index (χ4v) is 4.64. The van der Waals surface area contributed by atoms with Crippen LogP contribution in [0.3, 0.4) is 0 Å². The molecule has 3 aromatic rings. The Morgan fingerprint density at radius 3 is 2.41 bits per heavy atom. The Kier molecular flexibility index (Phi) is 5.90. The Bertz CT molecular complexity index is 1100. The number of ether oxygens (including phenoxy) is 1. The quantitative estimate of drug-likeness (QED) is 0.622. The molecule has 1 aromatic heterocycles. The summed E-state index contributed by atoms with van der Waals surface area (Å²) >= 11 is 0. The molecule has 0 bridgehead atoms. The van der Waals surface area contributed by atoms with E-state index in [2.05, 4.69) is 22.8 Å². The van der Waals surface area contributed by atoms with Crippen molar-refractivity contribution in [3.05, 3.63) is 60.4 Å². The first kappa shape index (κ1) is 20.7. The number of rotatable bonds is 5. The fourth-order valence-electron chi connectivity index (χ4n) is 4.64. The van der Waals surface area contributed by atoms with Crippen molar-refractivity contribution in [2.75, 3.05) is 32.8 Å². The first-order chi connectivity index (χ1) is 15.7. The maximum absolute atomic E-state index is 12.9. The average molecular weight is 433 g/mol. The molecule has 0 saturated carbocycles. The molecule has 2 amide bonds. The zero-order chi connectivity index (χ0) is 21.9. The van der Waals surface area contributed by atoms with Crippen LogP contribution in [0.1, 0.15) is 25.1 Å². The van der Waals surface area contributed by atoms with Crippen molar-refractivity contribution in [1.82, 2.24) is 19.4 Å². The SMILES string of the molecule is O=C(CCc1nc2ccccc2n1-c1ccccc1)N1CCN(C(=O)C2CCCO2)CC1. The van der Waals surface area contributed by atoms with Gasteiger partial charge >= 0.3 is 0 Å². The second-order valence-corrected chi connectivity index (χ2v) is 8.40. The summed E-state index contributed by atoms with van der Waals surface area (Å²) in [6, 6.07) is 18.2. The average Bonchev–Trinajstić information content (AvgIpc) is 3.51. The van der Waals surface area contributed by atoms with Crippen molar-refractivity contribution in [3.63, 3.8) is 0 Å². The molecule has 2 aliphatic rings. The van der Waals surface area contributed by atoms with E-state index in [0.29, 0.717) is 45.6 Å². The molecule has 0 spiro atoms. The van der Waals surface area contributed by atoms with E-state index in [0.717, 1.165) is 35.4 Å². The third kappa shape index (κ3) is 4.12. The normalized spacial score (nSPS) is 18.9. The third-order valence-corrected chi connectivity index (χ3v) is 6.36. The smallest absolute Gasteiger partial charge is 0.251 e. The summed E-state index contributed by atoms with van der Waals surface area (Å²) in [6.45, 7) is 2.97. The fraction of sp³-hybridized carbons (Fsp3) is 0.400. The van der Waals surface area contributed by atoms with Gasteiger partial charge in [0.15, 0.2) is 0 Å². The molecule has 2 aliphatic heterocycles. The van der Waals surface area contributed by atoms with E-state index in [4.69, 9.17) is 9.72 Å². The summed E-state index contributed by atoms with van der Waals surface area (Å²) in [5, 5.41) is 0. The van der Waals surface area contributed by atoms with Crippen LogP contribution in [0, 0.1) is 0 Å². The molecule has 1 atom stereocenters. The van der Waals surface area contributed by atoms with Crippen molar-refractivity contribution in [2.24, 2.45) is 0 Å². The largest absolute Gasteiger partial charge is 0.368 e. The first-order valence-corrected chi connectivity index (χ1v) is 11.4. The number of benzene rings is 2. The van der Waals surface area contributed by atoms with Crippen LogP contribution in [0.25, 0.3) is 16.7 Å². The van der Waals surface area contributed by atoms with Crippen molar-refractivity contribution in [1.29, 1.82) is 0 Å². The highest BCUT2D eigenvalue weighted by atomic mass is 16.5. The van der Waals surface area contributed by atoms with Crippen LogP contribution in [0.5, 0.6) is 0 Å². The van der Waals surface area contributed by atoms with E-state index >= 15 is 0 Å². The number of aromatic nitrogens is 2. The van der Waals surface area contributed by atoms with Gasteiger partial charge in [0, 0.05) is 51.3 Å². The predicted octanol–water partition coefficient (Wildman–Crippen LogP) is 2.81. The van der Waals surface area contributed by atoms with Gasteiger partial charge in [-0.3, -0.25) is 14.2 Å². The lowest BCUT2D eigenvalue weighted by Crippen LogP contribution is -2.52. The van der Waals surface area contributed by atoms with E-state index in [1.807, 2.05) is 46.2 Å². The highest BCUT2D eigenvalue weighted by Gasteiger charge is 2.31. The Morgan fingerprint density at radius 2 is 1.66 bits per heavy atom. The number of carbonyl (C=O) groups is 2. The van der Waals surface area contributed by atoms with Crippen LogP contribution in [-0.4, -0.2) is 70.1 Å². The summed E-state index contributed by atoms with van der Waals surface area (Å²) in [4.78, 5) is 34.0. The standard InChI is InChI=1S/C25H28N4O3/c30-24(27-14-16-28(17-15-27)25(31)22-11-6-18-32-22)13-12-23-26-20-9-4-5-10-21(20)29(23)19-7-2-1-3-8-19/h1-5,7-10,22H,6,11-18H2. The topological polar surface area (TPSA) is 67.7 Å². The van der Waals surface area contributed by atoms with E-state index in [1.165, 1.54) is 0 Å².